The molecule has 0 aliphatic carbocycles. The summed E-state index contributed by atoms with van der Waals surface area (Å²) in [6, 6.07) is 8.49. The maximum Gasteiger partial charge on any atom is 0.0871 e. The lowest BCUT2D eigenvalue weighted by atomic mass is 10.1. The summed E-state index contributed by atoms with van der Waals surface area (Å²) in [6.07, 6.45) is 1.74. The second-order valence-electron chi connectivity index (χ2n) is 3.97. The van der Waals surface area contributed by atoms with E-state index >= 15 is 0 Å². The van der Waals surface area contributed by atoms with Crippen LogP contribution in [0.1, 0.15) is 13.8 Å². The summed E-state index contributed by atoms with van der Waals surface area (Å²) < 4.78 is 0. The van der Waals surface area contributed by atoms with Crippen molar-refractivity contribution < 1.29 is 0 Å². The highest BCUT2D eigenvalue weighted by Gasteiger charge is 1.98. The summed E-state index contributed by atoms with van der Waals surface area (Å²) in [6.45, 7) is 4.09. The highest BCUT2D eigenvalue weighted by Crippen LogP contribution is 2.20. The van der Waals surface area contributed by atoms with Gasteiger partial charge in [-0.25, -0.2) is 4.98 Å². The molecule has 88 valence electrons. The van der Waals surface area contributed by atoms with Gasteiger partial charge in [-0.1, -0.05) is 12.1 Å². The van der Waals surface area contributed by atoms with Gasteiger partial charge < -0.3 is 5.32 Å². The van der Waals surface area contributed by atoms with Crippen LogP contribution in [0.5, 0.6) is 0 Å². The van der Waals surface area contributed by atoms with E-state index < -0.39 is 0 Å². The van der Waals surface area contributed by atoms with Crippen molar-refractivity contribution >= 4 is 23.4 Å². The Hall–Kier alpha value is -1.68. The molecule has 2 aromatic rings. The highest BCUT2D eigenvalue weighted by atomic mass is 32.1. The molecule has 1 heterocycles. The molecule has 0 radical (unpaired) electrons. The summed E-state index contributed by atoms with van der Waals surface area (Å²) in [7, 11) is 0. The molecule has 0 aliphatic rings. The van der Waals surface area contributed by atoms with Gasteiger partial charge in [-0.2, -0.15) is 0 Å². The van der Waals surface area contributed by atoms with Crippen molar-refractivity contribution in [1.82, 2.24) is 4.98 Å². The normalized spacial score (nSPS) is 11.2. The smallest absolute Gasteiger partial charge is 0.0871 e. The molecule has 17 heavy (non-hydrogen) atoms. The SMILES string of the molecule is CC(C)N=CNc1ccc(-c2cscn2)cc1. The predicted octanol–water partition coefficient (Wildman–Crippen LogP) is 3.66. The Morgan fingerprint density at radius 3 is 2.65 bits per heavy atom. The third-order valence-corrected chi connectivity index (χ3v) is 2.80. The van der Waals surface area contributed by atoms with Gasteiger partial charge in [-0.15, -0.1) is 11.3 Å². The van der Waals surface area contributed by atoms with Gasteiger partial charge in [-0.3, -0.25) is 4.99 Å². The summed E-state index contributed by atoms with van der Waals surface area (Å²) in [4.78, 5) is 8.52. The minimum Gasteiger partial charge on any atom is -0.347 e. The lowest BCUT2D eigenvalue weighted by molar-refractivity contribution is 0.840. The lowest BCUT2D eigenvalue weighted by Crippen LogP contribution is -1.98. The quantitative estimate of drug-likeness (QED) is 0.659. The molecule has 0 amide bonds. The number of aliphatic imine (C=N–C) groups is 1. The van der Waals surface area contributed by atoms with Crippen LogP contribution in [0.25, 0.3) is 11.3 Å². The van der Waals surface area contributed by atoms with Crippen molar-refractivity contribution in [2.75, 3.05) is 5.32 Å². The van der Waals surface area contributed by atoms with Gasteiger partial charge in [0, 0.05) is 22.7 Å². The molecule has 3 nitrogen and oxygen atoms in total. The van der Waals surface area contributed by atoms with Crippen molar-refractivity contribution in [3.05, 3.63) is 35.2 Å². The molecule has 1 N–H and O–H groups in total. The van der Waals surface area contributed by atoms with Crippen LogP contribution in [-0.2, 0) is 0 Å². The molecule has 0 spiro atoms. The van der Waals surface area contributed by atoms with Crippen LogP contribution in [-0.4, -0.2) is 17.4 Å². The molecular formula is C13H15N3S. The lowest BCUT2D eigenvalue weighted by Gasteiger charge is -2.02. The maximum absolute atomic E-state index is 4.27. The van der Waals surface area contributed by atoms with Crippen LogP contribution in [0, 0.1) is 0 Å². The number of hydrogen-bond acceptors (Lipinski definition) is 3. The summed E-state index contributed by atoms with van der Waals surface area (Å²) in [5.74, 6) is 0. The standard InChI is InChI=1S/C13H15N3S/c1-10(2)14-8-15-12-5-3-11(4-6-12)13-7-17-9-16-13/h3-10H,1-2H3,(H,14,15). The van der Waals surface area contributed by atoms with E-state index in [0.717, 1.165) is 16.9 Å². The third-order valence-electron chi connectivity index (χ3n) is 2.22. The first kappa shape index (κ1) is 11.8. The molecule has 0 saturated carbocycles. The number of nitrogens with one attached hydrogen (secondary N) is 1. The van der Waals surface area contributed by atoms with Crippen LogP contribution in [0.4, 0.5) is 5.69 Å². The minimum absolute atomic E-state index is 0.316. The Morgan fingerprint density at radius 1 is 1.29 bits per heavy atom. The molecule has 0 unspecified atom stereocenters. The average molecular weight is 245 g/mol. The second kappa shape index (κ2) is 5.59. The zero-order valence-electron chi connectivity index (χ0n) is 9.92. The van der Waals surface area contributed by atoms with E-state index in [-0.39, 0.29) is 0 Å². The zero-order chi connectivity index (χ0) is 12.1. The number of benzene rings is 1. The fraction of sp³-hybridized carbons (Fsp3) is 0.231. The fourth-order valence-corrected chi connectivity index (χ4v) is 1.91. The van der Waals surface area contributed by atoms with E-state index in [1.165, 1.54) is 0 Å². The Labute approximate surface area is 105 Å². The van der Waals surface area contributed by atoms with Crippen LogP contribution < -0.4 is 5.32 Å². The van der Waals surface area contributed by atoms with Crippen molar-refractivity contribution in [2.45, 2.75) is 19.9 Å². The van der Waals surface area contributed by atoms with E-state index in [4.69, 9.17) is 0 Å². The van der Waals surface area contributed by atoms with E-state index in [0.29, 0.717) is 6.04 Å². The molecule has 4 heteroatoms. The monoisotopic (exact) mass is 245 g/mol. The maximum atomic E-state index is 4.27. The largest absolute Gasteiger partial charge is 0.347 e. The van der Waals surface area contributed by atoms with Crippen molar-refractivity contribution in [1.29, 1.82) is 0 Å². The number of hydrogen-bond donors (Lipinski definition) is 1. The summed E-state index contributed by atoms with van der Waals surface area (Å²) in [5.41, 5.74) is 5.04. The Morgan fingerprint density at radius 2 is 2.06 bits per heavy atom. The molecule has 0 bridgehead atoms. The second-order valence-corrected chi connectivity index (χ2v) is 4.69. The van der Waals surface area contributed by atoms with Gasteiger partial charge in [0.05, 0.1) is 17.5 Å². The Balaban J connectivity index is 2.03. The van der Waals surface area contributed by atoms with Gasteiger partial charge in [0.1, 0.15) is 0 Å². The van der Waals surface area contributed by atoms with Crippen molar-refractivity contribution in [2.24, 2.45) is 4.99 Å². The number of anilines is 1. The first-order valence-corrected chi connectivity index (χ1v) is 6.47. The highest BCUT2D eigenvalue weighted by molar-refractivity contribution is 7.07. The number of nitrogens with zero attached hydrogens (tertiary/aromatic N) is 2. The van der Waals surface area contributed by atoms with Crippen LogP contribution in [0.15, 0.2) is 40.1 Å². The van der Waals surface area contributed by atoms with Gasteiger partial charge >= 0.3 is 0 Å². The van der Waals surface area contributed by atoms with Gasteiger partial charge in [0.15, 0.2) is 0 Å². The molecule has 1 aromatic carbocycles. The summed E-state index contributed by atoms with van der Waals surface area (Å²) >= 11 is 1.61. The van der Waals surface area contributed by atoms with E-state index in [1.807, 2.05) is 36.9 Å². The van der Waals surface area contributed by atoms with Crippen LogP contribution in [0.2, 0.25) is 0 Å². The topological polar surface area (TPSA) is 37.3 Å². The number of rotatable bonds is 4. The first-order chi connectivity index (χ1) is 8.25. The molecule has 0 atom stereocenters. The minimum atomic E-state index is 0.316. The Bertz CT molecular complexity index is 472. The van der Waals surface area contributed by atoms with Gasteiger partial charge in [0.25, 0.3) is 0 Å². The average Bonchev–Trinajstić information content (AvgIpc) is 2.83. The Kier molecular flexibility index (Phi) is 3.88. The van der Waals surface area contributed by atoms with Gasteiger partial charge in [-0.05, 0) is 26.0 Å². The molecule has 2 rings (SSSR count). The molecule has 0 aliphatic heterocycles. The zero-order valence-corrected chi connectivity index (χ0v) is 10.7. The molecule has 0 saturated heterocycles. The van der Waals surface area contributed by atoms with E-state index in [9.17, 15) is 0 Å². The predicted molar refractivity (Wildman–Crippen MR) is 74.8 cm³/mol. The fourth-order valence-electron chi connectivity index (χ4n) is 1.35. The number of aromatic nitrogens is 1. The van der Waals surface area contributed by atoms with Crippen molar-refractivity contribution in [3.63, 3.8) is 0 Å². The number of thiazole rings is 1. The first-order valence-electron chi connectivity index (χ1n) is 5.52. The van der Waals surface area contributed by atoms with E-state index in [2.05, 4.69) is 27.4 Å². The molecular weight excluding hydrogens is 230 g/mol. The van der Waals surface area contributed by atoms with Gasteiger partial charge in [0.2, 0.25) is 0 Å². The van der Waals surface area contributed by atoms with E-state index in [1.54, 1.807) is 17.7 Å². The van der Waals surface area contributed by atoms with Crippen LogP contribution >= 0.6 is 11.3 Å². The summed E-state index contributed by atoms with van der Waals surface area (Å²) in [5, 5.41) is 5.18. The molecule has 0 fully saturated rings. The van der Waals surface area contributed by atoms with Crippen LogP contribution in [0.3, 0.4) is 0 Å². The third kappa shape index (κ3) is 3.39. The van der Waals surface area contributed by atoms with Crippen molar-refractivity contribution in [3.8, 4) is 11.3 Å². The molecule has 1 aromatic heterocycles.